The Hall–Kier alpha value is -0.980. The number of aliphatic hydroxyl groups is 1. The summed E-state index contributed by atoms with van der Waals surface area (Å²) in [5.74, 6) is -0.846. The molecule has 19 heavy (non-hydrogen) atoms. The molecule has 6 heteroatoms. The van der Waals surface area contributed by atoms with Crippen LogP contribution in [0.5, 0.6) is 0 Å². The molecule has 0 aliphatic heterocycles. The summed E-state index contributed by atoms with van der Waals surface area (Å²) < 4.78 is 40.2. The highest BCUT2D eigenvalue weighted by atomic mass is 32.2. The Kier molecular flexibility index (Phi) is 5.90. The smallest absolute Gasteiger partial charge is 0.243 e. The number of hydrogen-bond acceptors (Lipinski definition) is 3. The van der Waals surface area contributed by atoms with E-state index in [1.54, 1.807) is 6.92 Å². The van der Waals surface area contributed by atoms with Gasteiger partial charge in [0.25, 0.3) is 0 Å². The van der Waals surface area contributed by atoms with Crippen LogP contribution in [0.1, 0.15) is 38.7 Å². The van der Waals surface area contributed by atoms with Crippen molar-refractivity contribution in [2.24, 2.45) is 0 Å². The molecule has 0 saturated heterocycles. The second-order valence-electron chi connectivity index (χ2n) is 4.59. The first-order valence-electron chi connectivity index (χ1n) is 6.32. The standard InChI is InChI=1S/C13H20FNO3S/c1-3-4-5-10(2)15-19(17,18)13-7-6-11(9-16)8-12(13)14/h6-8,10,15-16H,3-5,9H2,1-2H3. The topological polar surface area (TPSA) is 66.4 Å². The minimum absolute atomic E-state index is 0.234. The molecule has 1 aromatic carbocycles. The van der Waals surface area contributed by atoms with Gasteiger partial charge in [0, 0.05) is 6.04 Å². The molecule has 0 radical (unpaired) electrons. The van der Waals surface area contributed by atoms with Crippen LogP contribution >= 0.6 is 0 Å². The van der Waals surface area contributed by atoms with Gasteiger partial charge in [-0.1, -0.05) is 25.8 Å². The van der Waals surface area contributed by atoms with Crippen LogP contribution < -0.4 is 4.72 Å². The molecular weight excluding hydrogens is 269 g/mol. The van der Waals surface area contributed by atoms with Crippen molar-refractivity contribution in [3.63, 3.8) is 0 Å². The van der Waals surface area contributed by atoms with Crippen molar-refractivity contribution in [1.82, 2.24) is 4.72 Å². The van der Waals surface area contributed by atoms with Gasteiger partial charge in [-0.25, -0.2) is 17.5 Å². The van der Waals surface area contributed by atoms with Crippen LogP contribution in [0.3, 0.4) is 0 Å². The maximum atomic E-state index is 13.7. The normalized spacial score (nSPS) is 13.5. The van der Waals surface area contributed by atoms with E-state index in [2.05, 4.69) is 4.72 Å². The zero-order valence-corrected chi connectivity index (χ0v) is 12.0. The van der Waals surface area contributed by atoms with Crippen LogP contribution in [0.4, 0.5) is 4.39 Å². The van der Waals surface area contributed by atoms with Gasteiger partial charge >= 0.3 is 0 Å². The molecule has 0 bridgehead atoms. The van der Waals surface area contributed by atoms with Gasteiger partial charge in [-0.15, -0.1) is 0 Å². The number of hydrogen-bond donors (Lipinski definition) is 2. The van der Waals surface area contributed by atoms with E-state index in [0.29, 0.717) is 12.0 Å². The van der Waals surface area contributed by atoms with Gasteiger partial charge in [0.1, 0.15) is 10.7 Å². The van der Waals surface area contributed by atoms with Gasteiger partial charge in [0.05, 0.1) is 6.61 Å². The second-order valence-corrected chi connectivity index (χ2v) is 6.27. The summed E-state index contributed by atoms with van der Waals surface area (Å²) in [5, 5.41) is 8.87. The number of unbranched alkanes of at least 4 members (excludes halogenated alkanes) is 1. The Balaban J connectivity index is 2.88. The molecule has 0 amide bonds. The van der Waals surface area contributed by atoms with Gasteiger partial charge in [0.2, 0.25) is 10.0 Å². The van der Waals surface area contributed by atoms with Gasteiger partial charge in [-0.3, -0.25) is 0 Å². The molecule has 0 spiro atoms. The van der Waals surface area contributed by atoms with Crippen molar-refractivity contribution in [3.05, 3.63) is 29.6 Å². The van der Waals surface area contributed by atoms with Crippen molar-refractivity contribution in [2.75, 3.05) is 0 Å². The third-order valence-corrected chi connectivity index (χ3v) is 4.44. The summed E-state index contributed by atoms with van der Waals surface area (Å²) in [6.07, 6.45) is 2.60. The van der Waals surface area contributed by atoms with E-state index < -0.39 is 15.8 Å². The lowest BCUT2D eigenvalue weighted by Gasteiger charge is -2.14. The van der Waals surface area contributed by atoms with Crippen LogP contribution in [-0.4, -0.2) is 19.6 Å². The third kappa shape index (κ3) is 4.56. The molecule has 1 rings (SSSR count). The summed E-state index contributed by atoms with van der Waals surface area (Å²) >= 11 is 0. The minimum Gasteiger partial charge on any atom is -0.392 e. The van der Waals surface area contributed by atoms with Gasteiger partial charge in [0.15, 0.2) is 0 Å². The molecule has 1 aromatic rings. The second kappa shape index (κ2) is 6.98. The lowest BCUT2D eigenvalue weighted by molar-refractivity contribution is 0.281. The van der Waals surface area contributed by atoms with Crippen LogP contribution in [0, 0.1) is 5.82 Å². The number of benzene rings is 1. The highest BCUT2D eigenvalue weighted by Gasteiger charge is 2.21. The fraction of sp³-hybridized carbons (Fsp3) is 0.538. The highest BCUT2D eigenvalue weighted by Crippen LogP contribution is 2.17. The molecule has 108 valence electrons. The van der Waals surface area contributed by atoms with Crippen LogP contribution in [0.15, 0.2) is 23.1 Å². The highest BCUT2D eigenvalue weighted by molar-refractivity contribution is 7.89. The largest absolute Gasteiger partial charge is 0.392 e. The SMILES string of the molecule is CCCCC(C)NS(=O)(=O)c1ccc(CO)cc1F. The third-order valence-electron chi connectivity index (χ3n) is 2.82. The van der Waals surface area contributed by atoms with Crippen LogP contribution in [-0.2, 0) is 16.6 Å². The lowest BCUT2D eigenvalue weighted by Crippen LogP contribution is -2.33. The van der Waals surface area contributed by atoms with E-state index in [-0.39, 0.29) is 17.5 Å². The first-order valence-corrected chi connectivity index (χ1v) is 7.80. The van der Waals surface area contributed by atoms with E-state index in [4.69, 9.17) is 5.11 Å². The fourth-order valence-corrected chi connectivity index (χ4v) is 3.10. The van der Waals surface area contributed by atoms with Crippen molar-refractivity contribution < 1.29 is 17.9 Å². The van der Waals surface area contributed by atoms with E-state index >= 15 is 0 Å². The molecule has 0 heterocycles. The van der Waals surface area contributed by atoms with Gasteiger partial charge in [-0.05, 0) is 31.0 Å². The number of halogens is 1. The zero-order valence-electron chi connectivity index (χ0n) is 11.2. The maximum absolute atomic E-state index is 13.7. The summed E-state index contributed by atoms with van der Waals surface area (Å²) in [6, 6.07) is 3.37. The molecule has 0 fully saturated rings. The van der Waals surface area contributed by atoms with E-state index in [9.17, 15) is 12.8 Å². The van der Waals surface area contributed by atoms with Crippen molar-refractivity contribution >= 4 is 10.0 Å². The Bertz CT molecular complexity index is 517. The van der Waals surface area contributed by atoms with Crippen molar-refractivity contribution in [2.45, 2.75) is 50.7 Å². The molecule has 2 N–H and O–H groups in total. The van der Waals surface area contributed by atoms with Gasteiger partial charge in [-0.2, -0.15) is 0 Å². The number of sulfonamides is 1. The Morgan fingerprint density at radius 2 is 2.11 bits per heavy atom. The summed E-state index contributed by atoms with van der Waals surface area (Å²) in [6.45, 7) is 3.46. The predicted octanol–water partition coefficient (Wildman–Crippen LogP) is 2.17. The van der Waals surface area contributed by atoms with Crippen molar-refractivity contribution in [3.8, 4) is 0 Å². The number of nitrogens with one attached hydrogen (secondary N) is 1. The molecule has 0 saturated carbocycles. The molecule has 1 unspecified atom stereocenters. The quantitative estimate of drug-likeness (QED) is 0.808. The van der Waals surface area contributed by atoms with Crippen LogP contribution in [0.25, 0.3) is 0 Å². The van der Waals surface area contributed by atoms with E-state index in [1.165, 1.54) is 12.1 Å². The molecule has 0 aliphatic rings. The number of rotatable bonds is 7. The fourth-order valence-electron chi connectivity index (χ4n) is 1.76. The average molecular weight is 289 g/mol. The number of aliphatic hydroxyl groups excluding tert-OH is 1. The van der Waals surface area contributed by atoms with Crippen LogP contribution in [0.2, 0.25) is 0 Å². The Morgan fingerprint density at radius 3 is 2.63 bits per heavy atom. The summed E-state index contributed by atoms with van der Waals surface area (Å²) in [5.41, 5.74) is 0.343. The molecule has 0 aromatic heterocycles. The molecular formula is C13H20FNO3S. The predicted molar refractivity (Wildman–Crippen MR) is 71.6 cm³/mol. The monoisotopic (exact) mass is 289 g/mol. The Labute approximate surface area is 113 Å². The first kappa shape index (κ1) is 16.1. The molecule has 1 atom stereocenters. The Morgan fingerprint density at radius 1 is 1.42 bits per heavy atom. The molecule has 0 aliphatic carbocycles. The van der Waals surface area contributed by atoms with Gasteiger partial charge < -0.3 is 5.11 Å². The minimum atomic E-state index is -3.85. The van der Waals surface area contributed by atoms with Crippen molar-refractivity contribution in [1.29, 1.82) is 0 Å². The van der Waals surface area contributed by atoms with E-state index in [0.717, 1.165) is 18.9 Å². The molecule has 4 nitrogen and oxygen atoms in total. The zero-order chi connectivity index (χ0) is 14.5. The average Bonchev–Trinajstić information content (AvgIpc) is 2.35. The summed E-state index contributed by atoms with van der Waals surface area (Å²) in [7, 11) is -3.85. The first-order chi connectivity index (χ1) is 8.90. The van der Waals surface area contributed by atoms with E-state index in [1.807, 2.05) is 6.92 Å². The lowest BCUT2D eigenvalue weighted by atomic mass is 10.2. The summed E-state index contributed by atoms with van der Waals surface area (Å²) in [4.78, 5) is -0.381. The maximum Gasteiger partial charge on any atom is 0.243 e.